The molecule has 0 saturated heterocycles. The van der Waals surface area contributed by atoms with E-state index in [2.05, 4.69) is 25.6 Å². The lowest BCUT2D eigenvalue weighted by molar-refractivity contribution is -0.118. The van der Waals surface area contributed by atoms with Gasteiger partial charge in [0.15, 0.2) is 5.65 Å². The molecule has 4 aromatic rings. The number of fused-ring (bicyclic) bond motifs is 1. The number of halogens is 2. The van der Waals surface area contributed by atoms with E-state index >= 15 is 0 Å². The van der Waals surface area contributed by atoms with Crippen LogP contribution < -0.4 is 16.2 Å². The molecule has 8 nitrogen and oxygen atoms in total. The summed E-state index contributed by atoms with van der Waals surface area (Å²) in [4.78, 5) is 37.9. The fourth-order valence-electron chi connectivity index (χ4n) is 3.25. The molecule has 4 rings (SSSR count). The lowest BCUT2D eigenvalue weighted by Crippen LogP contribution is -2.31. The standard InChI is InChI=1S/C23H20ClFN6O2/c1-14(32)26-10-11-31-21-19(29-20(22(31)33)16-4-6-17(24)7-5-16)13-28-23(30-21)27-12-15-2-8-18(25)9-3-15/h2-9,13H,10-12H2,1H3,(H,26,32)(H,27,28,30). The average Bonchev–Trinajstić information content (AvgIpc) is 2.80. The van der Waals surface area contributed by atoms with Gasteiger partial charge in [0, 0.05) is 37.1 Å². The van der Waals surface area contributed by atoms with Crippen LogP contribution in [0, 0.1) is 5.82 Å². The molecule has 2 heterocycles. The van der Waals surface area contributed by atoms with Crippen molar-refractivity contribution in [3.05, 3.63) is 81.5 Å². The SMILES string of the molecule is CC(=O)NCCn1c(=O)c(-c2ccc(Cl)cc2)nc2cnc(NCc3ccc(F)cc3)nc21. The van der Waals surface area contributed by atoms with Crippen LogP contribution in [0.5, 0.6) is 0 Å². The molecule has 2 aromatic heterocycles. The smallest absolute Gasteiger partial charge is 0.278 e. The number of rotatable bonds is 7. The van der Waals surface area contributed by atoms with Gasteiger partial charge in [0.05, 0.1) is 6.20 Å². The van der Waals surface area contributed by atoms with E-state index in [1.807, 2.05) is 0 Å². The van der Waals surface area contributed by atoms with Gasteiger partial charge in [-0.15, -0.1) is 0 Å². The summed E-state index contributed by atoms with van der Waals surface area (Å²) in [6, 6.07) is 12.9. The zero-order valence-corrected chi connectivity index (χ0v) is 18.4. The first-order valence-electron chi connectivity index (χ1n) is 10.2. The molecule has 10 heteroatoms. The van der Waals surface area contributed by atoms with Crippen molar-refractivity contribution in [1.29, 1.82) is 0 Å². The van der Waals surface area contributed by atoms with Crippen LogP contribution in [0.4, 0.5) is 10.3 Å². The van der Waals surface area contributed by atoms with Crippen molar-refractivity contribution < 1.29 is 9.18 Å². The number of hydrogen-bond donors (Lipinski definition) is 2. The Morgan fingerprint density at radius 1 is 1.09 bits per heavy atom. The highest BCUT2D eigenvalue weighted by atomic mass is 35.5. The Morgan fingerprint density at radius 2 is 1.82 bits per heavy atom. The van der Waals surface area contributed by atoms with Gasteiger partial charge in [-0.25, -0.2) is 14.4 Å². The van der Waals surface area contributed by atoms with Crippen molar-refractivity contribution in [1.82, 2.24) is 24.8 Å². The molecule has 0 spiro atoms. The van der Waals surface area contributed by atoms with Crippen LogP contribution in [0.3, 0.4) is 0 Å². The summed E-state index contributed by atoms with van der Waals surface area (Å²) in [7, 11) is 0. The Labute approximate surface area is 193 Å². The zero-order chi connectivity index (χ0) is 23.4. The maximum absolute atomic E-state index is 13.3. The molecule has 0 unspecified atom stereocenters. The van der Waals surface area contributed by atoms with Gasteiger partial charge in [-0.2, -0.15) is 4.98 Å². The number of aromatic nitrogens is 4. The summed E-state index contributed by atoms with van der Waals surface area (Å²) < 4.78 is 14.6. The molecule has 2 aromatic carbocycles. The molecular weight excluding hydrogens is 447 g/mol. The highest BCUT2D eigenvalue weighted by Gasteiger charge is 2.15. The number of carbonyl (C=O) groups excluding carboxylic acids is 1. The van der Waals surface area contributed by atoms with Gasteiger partial charge in [-0.3, -0.25) is 14.2 Å². The van der Waals surface area contributed by atoms with Crippen molar-refractivity contribution in [2.24, 2.45) is 0 Å². The second-order valence-corrected chi connectivity index (χ2v) is 7.73. The van der Waals surface area contributed by atoms with E-state index in [1.54, 1.807) is 36.4 Å². The third kappa shape index (κ3) is 5.32. The van der Waals surface area contributed by atoms with Gasteiger partial charge < -0.3 is 10.6 Å². The molecule has 0 aliphatic rings. The van der Waals surface area contributed by atoms with Gasteiger partial charge in [-0.05, 0) is 29.8 Å². The fraction of sp³-hybridized carbons (Fsp3) is 0.174. The van der Waals surface area contributed by atoms with Crippen LogP contribution >= 0.6 is 11.6 Å². The van der Waals surface area contributed by atoms with Gasteiger partial charge in [0.25, 0.3) is 5.56 Å². The number of amides is 1. The second kappa shape index (κ2) is 9.74. The van der Waals surface area contributed by atoms with Crippen LogP contribution in [0.2, 0.25) is 5.02 Å². The topological polar surface area (TPSA) is 102 Å². The van der Waals surface area contributed by atoms with Crippen molar-refractivity contribution >= 4 is 34.6 Å². The van der Waals surface area contributed by atoms with Gasteiger partial charge in [0.2, 0.25) is 11.9 Å². The first-order chi connectivity index (χ1) is 15.9. The number of nitrogens with zero attached hydrogens (tertiary/aromatic N) is 4. The van der Waals surface area contributed by atoms with Gasteiger partial charge in [-0.1, -0.05) is 35.9 Å². The number of hydrogen-bond acceptors (Lipinski definition) is 6. The number of nitrogens with one attached hydrogen (secondary N) is 2. The molecule has 0 aliphatic carbocycles. The minimum absolute atomic E-state index is 0.199. The molecule has 0 fully saturated rings. The summed E-state index contributed by atoms with van der Waals surface area (Å²) in [5, 5.41) is 6.31. The maximum Gasteiger partial charge on any atom is 0.278 e. The van der Waals surface area contributed by atoms with E-state index < -0.39 is 0 Å². The second-order valence-electron chi connectivity index (χ2n) is 7.29. The van der Waals surface area contributed by atoms with Crippen molar-refractivity contribution in [2.75, 3.05) is 11.9 Å². The van der Waals surface area contributed by atoms with Crippen molar-refractivity contribution in [2.45, 2.75) is 20.0 Å². The molecule has 0 saturated carbocycles. The van der Waals surface area contributed by atoms with Crippen molar-refractivity contribution in [3.63, 3.8) is 0 Å². The third-order valence-electron chi connectivity index (χ3n) is 4.88. The molecule has 0 bridgehead atoms. The maximum atomic E-state index is 13.3. The summed E-state index contributed by atoms with van der Waals surface area (Å²) in [5.74, 6) is -0.220. The summed E-state index contributed by atoms with van der Waals surface area (Å²) in [5.41, 5.74) is 2.10. The van der Waals surface area contributed by atoms with Crippen LogP contribution in [0.15, 0.2) is 59.5 Å². The molecule has 0 atom stereocenters. The summed E-state index contributed by atoms with van der Waals surface area (Å²) >= 11 is 5.97. The molecule has 168 valence electrons. The lowest BCUT2D eigenvalue weighted by atomic mass is 10.1. The summed E-state index contributed by atoms with van der Waals surface area (Å²) in [6.45, 7) is 2.23. The van der Waals surface area contributed by atoms with Gasteiger partial charge in [0.1, 0.15) is 17.0 Å². The first kappa shape index (κ1) is 22.3. The average molecular weight is 467 g/mol. The molecule has 1 amide bonds. The monoisotopic (exact) mass is 466 g/mol. The summed E-state index contributed by atoms with van der Waals surface area (Å²) in [6.07, 6.45) is 1.53. The Kier molecular flexibility index (Phi) is 6.60. The normalized spacial score (nSPS) is 10.9. The molecule has 0 aliphatic heterocycles. The Bertz CT molecular complexity index is 1360. The Balaban J connectivity index is 1.72. The fourth-order valence-corrected chi connectivity index (χ4v) is 3.38. The van der Waals surface area contributed by atoms with Crippen LogP contribution in [-0.4, -0.2) is 32.0 Å². The van der Waals surface area contributed by atoms with E-state index in [0.717, 1.165) is 5.56 Å². The molecular formula is C23H20ClFN6O2. The molecule has 0 radical (unpaired) electrons. The van der Waals surface area contributed by atoms with Gasteiger partial charge >= 0.3 is 0 Å². The van der Waals surface area contributed by atoms with Crippen molar-refractivity contribution in [3.8, 4) is 11.3 Å². The van der Waals surface area contributed by atoms with Crippen LogP contribution in [0.1, 0.15) is 12.5 Å². The third-order valence-corrected chi connectivity index (χ3v) is 5.13. The van der Waals surface area contributed by atoms with E-state index in [4.69, 9.17) is 11.6 Å². The number of anilines is 1. The predicted molar refractivity (Wildman–Crippen MR) is 124 cm³/mol. The minimum atomic E-state index is -0.349. The first-order valence-corrected chi connectivity index (χ1v) is 10.5. The van der Waals surface area contributed by atoms with E-state index in [9.17, 15) is 14.0 Å². The number of carbonyl (C=O) groups is 1. The Morgan fingerprint density at radius 3 is 2.52 bits per heavy atom. The van der Waals surface area contributed by atoms with E-state index in [1.165, 1.54) is 29.8 Å². The lowest BCUT2D eigenvalue weighted by Gasteiger charge is -2.13. The largest absolute Gasteiger partial charge is 0.355 e. The highest BCUT2D eigenvalue weighted by Crippen LogP contribution is 2.20. The molecule has 2 N–H and O–H groups in total. The van der Waals surface area contributed by atoms with E-state index in [0.29, 0.717) is 34.2 Å². The molecule has 33 heavy (non-hydrogen) atoms. The van der Waals surface area contributed by atoms with Crippen LogP contribution in [-0.2, 0) is 17.9 Å². The minimum Gasteiger partial charge on any atom is -0.355 e. The van der Waals surface area contributed by atoms with E-state index in [-0.39, 0.29) is 36.1 Å². The number of benzene rings is 2. The van der Waals surface area contributed by atoms with Crippen LogP contribution in [0.25, 0.3) is 22.4 Å². The Hall–Kier alpha value is -3.85. The quantitative estimate of drug-likeness (QED) is 0.433. The highest BCUT2D eigenvalue weighted by molar-refractivity contribution is 6.30. The zero-order valence-electron chi connectivity index (χ0n) is 17.7. The predicted octanol–water partition coefficient (Wildman–Crippen LogP) is 3.39.